The molecule has 0 fully saturated rings. The molecule has 0 aromatic heterocycles. The Labute approximate surface area is 90.1 Å². The van der Waals surface area contributed by atoms with Gasteiger partial charge in [-0.15, -0.1) is 0 Å². The number of hydrogen-bond acceptors (Lipinski definition) is 2. The van der Waals surface area contributed by atoms with Crippen LogP contribution in [0.2, 0.25) is 0 Å². The molecule has 2 N–H and O–H groups in total. The summed E-state index contributed by atoms with van der Waals surface area (Å²) in [6.45, 7) is 2.36. The molecule has 1 amide bonds. The van der Waals surface area contributed by atoms with E-state index < -0.39 is 6.10 Å². The van der Waals surface area contributed by atoms with Crippen LogP contribution in [0.15, 0.2) is 30.3 Å². The van der Waals surface area contributed by atoms with Gasteiger partial charge in [0.05, 0.1) is 0 Å². The molecule has 1 radical (unpaired) electrons. The minimum atomic E-state index is -1.02. The van der Waals surface area contributed by atoms with E-state index in [0.29, 0.717) is 13.0 Å². The summed E-state index contributed by atoms with van der Waals surface area (Å²) >= 11 is 0. The van der Waals surface area contributed by atoms with Gasteiger partial charge in [-0.1, -0.05) is 30.3 Å². The molecule has 1 unspecified atom stereocenters. The Balaban J connectivity index is 2.34. The van der Waals surface area contributed by atoms with Crippen molar-refractivity contribution in [2.75, 3.05) is 6.54 Å². The predicted molar refractivity (Wildman–Crippen MR) is 59.1 cm³/mol. The second-order valence-corrected chi connectivity index (χ2v) is 3.26. The molecule has 3 heteroatoms. The molecule has 15 heavy (non-hydrogen) atoms. The number of likely N-dealkylation sites (N-methyl/N-ethyl adjacent to an activating group) is 1. The number of amides is 1. The Morgan fingerprint density at radius 1 is 1.47 bits per heavy atom. The van der Waals surface area contributed by atoms with Crippen LogP contribution in [0.25, 0.3) is 0 Å². The molecule has 0 aliphatic heterocycles. The molecule has 0 bridgehead atoms. The second-order valence-electron chi connectivity index (χ2n) is 3.26. The molecule has 0 aliphatic carbocycles. The molecule has 3 nitrogen and oxygen atoms in total. The van der Waals surface area contributed by atoms with Crippen molar-refractivity contribution in [3.63, 3.8) is 0 Å². The first kappa shape index (κ1) is 11.7. The molecule has 81 valence electrons. The molecular weight excluding hydrogens is 190 g/mol. The van der Waals surface area contributed by atoms with E-state index >= 15 is 0 Å². The number of carbonyl (C=O) groups is 1. The van der Waals surface area contributed by atoms with Gasteiger partial charge in [0, 0.05) is 13.0 Å². The fraction of sp³-hybridized carbons (Fsp3) is 0.333. The van der Waals surface area contributed by atoms with Crippen LogP contribution in [0.1, 0.15) is 12.5 Å². The lowest BCUT2D eigenvalue weighted by molar-refractivity contribution is -0.127. The predicted octanol–water partition coefficient (Wildman–Crippen LogP) is 0.930. The molecular formula is C12H16NO2. The molecule has 0 saturated carbocycles. The van der Waals surface area contributed by atoms with E-state index in [0.717, 1.165) is 5.56 Å². The Morgan fingerprint density at radius 2 is 2.13 bits per heavy atom. The first-order chi connectivity index (χ1) is 7.24. The lowest BCUT2D eigenvalue weighted by atomic mass is 10.1. The number of hydrogen-bond donors (Lipinski definition) is 2. The van der Waals surface area contributed by atoms with Gasteiger partial charge in [-0.25, -0.2) is 0 Å². The molecule has 1 rings (SSSR count). The highest BCUT2D eigenvalue weighted by Crippen LogP contribution is 2.03. The van der Waals surface area contributed by atoms with Crippen molar-refractivity contribution in [1.82, 2.24) is 5.32 Å². The summed E-state index contributed by atoms with van der Waals surface area (Å²) in [5.74, 6) is -0.339. The molecule has 0 heterocycles. The van der Waals surface area contributed by atoms with Crippen molar-refractivity contribution >= 4 is 5.91 Å². The van der Waals surface area contributed by atoms with Crippen LogP contribution in [0.4, 0.5) is 0 Å². The van der Waals surface area contributed by atoms with Crippen LogP contribution in [0, 0.1) is 6.42 Å². The summed E-state index contributed by atoms with van der Waals surface area (Å²) < 4.78 is 0. The number of aliphatic hydroxyl groups excluding tert-OH is 1. The minimum absolute atomic E-state index is 0.339. The topological polar surface area (TPSA) is 49.3 Å². The molecule has 0 saturated heterocycles. The maximum absolute atomic E-state index is 11.2. The van der Waals surface area contributed by atoms with Crippen molar-refractivity contribution in [1.29, 1.82) is 0 Å². The molecule has 1 atom stereocenters. The summed E-state index contributed by atoms with van der Waals surface area (Å²) in [5.41, 5.74) is 1.08. The zero-order valence-corrected chi connectivity index (χ0v) is 8.81. The number of nitrogens with one attached hydrogen (secondary N) is 1. The lowest BCUT2D eigenvalue weighted by Gasteiger charge is -2.09. The van der Waals surface area contributed by atoms with Crippen molar-refractivity contribution in [3.8, 4) is 0 Å². The summed E-state index contributed by atoms with van der Waals surface area (Å²) in [6, 6.07) is 9.72. The fourth-order valence-electron chi connectivity index (χ4n) is 1.25. The van der Waals surface area contributed by atoms with Gasteiger partial charge in [0.2, 0.25) is 5.91 Å². The van der Waals surface area contributed by atoms with Crippen LogP contribution >= 0.6 is 0 Å². The Hall–Kier alpha value is -1.35. The maximum Gasteiger partial charge on any atom is 0.249 e. The SMILES string of the molecule is CCNC(=O)C(O)[CH]Cc1ccccc1. The van der Waals surface area contributed by atoms with Crippen LogP contribution in [0.3, 0.4) is 0 Å². The minimum Gasteiger partial charge on any atom is -0.383 e. The second kappa shape index (κ2) is 6.19. The van der Waals surface area contributed by atoms with E-state index in [4.69, 9.17) is 0 Å². The quantitative estimate of drug-likeness (QED) is 0.753. The Morgan fingerprint density at radius 3 is 2.73 bits per heavy atom. The van der Waals surface area contributed by atoms with E-state index in [1.54, 1.807) is 6.42 Å². The van der Waals surface area contributed by atoms with Gasteiger partial charge in [-0.05, 0) is 18.9 Å². The summed E-state index contributed by atoms with van der Waals surface area (Å²) in [5, 5.41) is 12.0. The van der Waals surface area contributed by atoms with E-state index in [1.807, 2.05) is 37.3 Å². The van der Waals surface area contributed by atoms with Crippen LogP contribution in [-0.2, 0) is 11.2 Å². The van der Waals surface area contributed by atoms with Crippen molar-refractivity contribution in [2.24, 2.45) is 0 Å². The fourth-order valence-corrected chi connectivity index (χ4v) is 1.25. The van der Waals surface area contributed by atoms with E-state index in [-0.39, 0.29) is 5.91 Å². The average Bonchev–Trinajstić information content (AvgIpc) is 2.27. The highest BCUT2D eigenvalue weighted by atomic mass is 16.3. The first-order valence-corrected chi connectivity index (χ1v) is 5.07. The number of carbonyl (C=O) groups excluding carboxylic acids is 1. The maximum atomic E-state index is 11.2. The van der Waals surface area contributed by atoms with E-state index in [2.05, 4.69) is 5.32 Å². The zero-order chi connectivity index (χ0) is 11.1. The summed E-state index contributed by atoms with van der Waals surface area (Å²) in [6.07, 6.45) is 1.17. The Kier molecular flexibility index (Phi) is 4.84. The number of rotatable bonds is 5. The third-order valence-corrected chi connectivity index (χ3v) is 2.04. The van der Waals surface area contributed by atoms with Gasteiger partial charge < -0.3 is 10.4 Å². The van der Waals surface area contributed by atoms with Gasteiger partial charge in [0.1, 0.15) is 6.10 Å². The van der Waals surface area contributed by atoms with E-state index in [9.17, 15) is 9.90 Å². The standard InChI is InChI=1S/C12H16NO2/c1-2-13-12(15)11(14)9-8-10-6-4-3-5-7-10/h3-7,9,11,14H,2,8H2,1H3,(H,13,15). The summed E-state index contributed by atoms with van der Waals surface area (Å²) in [4.78, 5) is 11.2. The number of benzene rings is 1. The molecule has 1 aromatic carbocycles. The molecule has 0 aliphatic rings. The van der Waals surface area contributed by atoms with Gasteiger partial charge in [-0.2, -0.15) is 0 Å². The zero-order valence-electron chi connectivity index (χ0n) is 8.81. The smallest absolute Gasteiger partial charge is 0.249 e. The monoisotopic (exact) mass is 206 g/mol. The van der Waals surface area contributed by atoms with Crippen LogP contribution < -0.4 is 5.32 Å². The summed E-state index contributed by atoms with van der Waals surface area (Å²) in [7, 11) is 0. The van der Waals surface area contributed by atoms with Gasteiger partial charge >= 0.3 is 0 Å². The molecule has 0 spiro atoms. The first-order valence-electron chi connectivity index (χ1n) is 5.07. The van der Waals surface area contributed by atoms with Gasteiger partial charge in [0.25, 0.3) is 0 Å². The average molecular weight is 206 g/mol. The highest BCUT2D eigenvalue weighted by Gasteiger charge is 2.13. The normalized spacial score (nSPS) is 12.1. The van der Waals surface area contributed by atoms with Crippen molar-refractivity contribution < 1.29 is 9.90 Å². The number of aliphatic hydroxyl groups is 1. The van der Waals surface area contributed by atoms with Crippen molar-refractivity contribution in [2.45, 2.75) is 19.4 Å². The molecule has 1 aromatic rings. The van der Waals surface area contributed by atoms with Gasteiger partial charge in [0.15, 0.2) is 0 Å². The van der Waals surface area contributed by atoms with E-state index in [1.165, 1.54) is 0 Å². The largest absolute Gasteiger partial charge is 0.383 e. The third kappa shape index (κ3) is 4.13. The van der Waals surface area contributed by atoms with Crippen molar-refractivity contribution in [3.05, 3.63) is 42.3 Å². The lowest BCUT2D eigenvalue weighted by Crippen LogP contribution is -2.34. The Bertz CT molecular complexity index is 298. The van der Waals surface area contributed by atoms with Crippen LogP contribution in [0.5, 0.6) is 0 Å². The third-order valence-electron chi connectivity index (χ3n) is 2.04. The van der Waals surface area contributed by atoms with Gasteiger partial charge in [-0.3, -0.25) is 4.79 Å². The highest BCUT2D eigenvalue weighted by molar-refractivity contribution is 5.81. The van der Waals surface area contributed by atoms with Crippen LogP contribution in [-0.4, -0.2) is 23.7 Å².